The molecule has 7 heteroatoms. The lowest BCUT2D eigenvalue weighted by Gasteiger charge is -2.14. The van der Waals surface area contributed by atoms with Crippen molar-refractivity contribution in [1.82, 2.24) is 5.32 Å². The summed E-state index contributed by atoms with van der Waals surface area (Å²) >= 11 is 2.98. The van der Waals surface area contributed by atoms with Crippen LogP contribution in [0.4, 0.5) is 14.5 Å². The molecule has 0 saturated heterocycles. The van der Waals surface area contributed by atoms with Crippen LogP contribution in [0.5, 0.6) is 0 Å². The van der Waals surface area contributed by atoms with Gasteiger partial charge in [0.25, 0.3) is 0 Å². The molecule has 0 bridgehead atoms. The van der Waals surface area contributed by atoms with Crippen molar-refractivity contribution < 1.29 is 18.3 Å². The highest BCUT2D eigenvalue weighted by molar-refractivity contribution is 9.10. The van der Waals surface area contributed by atoms with Gasteiger partial charge in [0, 0.05) is 17.6 Å². The molecule has 0 heterocycles. The van der Waals surface area contributed by atoms with Crippen molar-refractivity contribution >= 4 is 27.5 Å². The summed E-state index contributed by atoms with van der Waals surface area (Å²) in [5.41, 5.74) is -0.322. The largest absolute Gasteiger partial charge is 0.383 e. The van der Waals surface area contributed by atoms with E-state index in [4.69, 9.17) is 4.74 Å². The van der Waals surface area contributed by atoms with Crippen molar-refractivity contribution in [3.05, 3.63) is 28.2 Å². The molecule has 1 unspecified atom stereocenters. The number of amides is 1. The second kappa shape index (κ2) is 7.40. The predicted molar refractivity (Wildman–Crippen MR) is 72.0 cm³/mol. The predicted octanol–water partition coefficient (Wildman–Crippen LogP) is 2.29. The highest BCUT2D eigenvalue weighted by atomic mass is 79.9. The molecule has 0 spiro atoms. The number of rotatable bonds is 6. The summed E-state index contributed by atoms with van der Waals surface area (Å²) in [7, 11) is 1.52. The standard InChI is InChI=1S/C12H15BrF2N2O2/c1-7(6-19-2)17-11(18)5-16-12-9(14)3-8(13)4-10(12)15/h3-4,7,16H,5-6H2,1-2H3,(H,17,18). The van der Waals surface area contributed by atoms with E-state index in [1.54, 1.807) is 6.92 Å². The number of carbonyl (C=O) groups excluding carboxylic acids is 1. The number of benzene rings is 1. The molecule has 1 atom stereocenters. The molecule has 0 radical (unpaired) electrons. The van der Waals surface area contributed by atoms with Gasteiger partial charge in [0.1, 0.15) is 17.3 Å². The first-order valence-electron chi connectivity index (χ1n) is 5.60. The summed E-state index contributed by atoms with van der Waals surface area (Å²) in [5, 5.41) is 5.05. The number of nitrogens with one attached hydrogen (secondary N) is 2. The minimum absolute atomic E-state index is 0.168. The van der Waals surface area contributed by atoms with E-state index in [1.165, 1.54) is 7.11 Å². The van der Waals surface area contributed by atoms with Crippen LogP contribution in [0.3, 0.4) is 0 Å². The molecular weight excluding hydrogens is 322 g/mol. The fourth-order valence-corrected chi connectivity index (χ4v) is 1.90. The zero-order valence-corrected chi connectivity index (χ0v) is 12.2. The molecule has 0 fully saturated rings. The van der Waals surface area contributed by atoms with Crippen molar-refractivity contribution in [2.24, 2.45) is 0 Å². The Hall–Kier alpha value is -1.21. The summed E-state index contributed by atoms with van der Waals surface area (Å²) in [6, 6.07) is 2.08. The highest BCUT2D eigenvalue weighted by Gasteiger charge is 2.12. The van der Waals surface area contributed by atoms with E-state index < -0.39 is 11.6 Å². The van der Waals surface area contributed by atoms with Crippen LogP contribution in [0.2, 0.25) is 0 Å². The van der Waals surface area contributed by atoms with Crippen LogP contribution in [0.15, 0.2) is 16.6 Å². The zero-order valence-electron chi connectivity index (χ0n) is 10.6. The van der Waals surface area contributed by atoms with Crippen LogP contribution in [0.1, 0.15) is 6.92 Å². The van der Waals surface area contributed by atoms with Crippen molar-refractivity contribution in [2.75, 3.05) is 25.6 Å². The molecule has 0 aliphatic rings. The van der Waals surface area contributed by atoms with Crippen LogP contribution < -0.4 is 10.6 Å². The van der Waals surface area contributed by atoms with Crippen molar-refractivity contribution in [3.63, 3.8) is 0 Å². The fourth-order valence-electron chi connectivity index (χ4n) is 1.50. The van der Waals surface area contributed by atoms with Gasteiger partial charge in [-0.3, -0.25) is 4.79 Å². The van der Waals surface area contributed by atoms with Crippen molar-refractivity contribution in [1.29, 1.82) is 0 Å². The maximum Gasteiger partial charge on any atom is 0.239 e. The number of halogens is 3. The number of carbonyl (C=O) groups is 1. The monoisotopic (exact) mass is 336 g/mol. The quantitative estimate of drug-likeness (QED) is 0.838. The molecule has 4 nitrogen and oxygen atoms in total. The van der Waals surface area contributed by atoms with Crippen molar-refractivity contribution in [3.8, 4) is 0 Å². The Kier molecular flexibility index (Phi) is 6.17. The molecule has 1 amide bonds. The minimum atomic E-state index is -0.760. The zero-order chi connectivity index (χ0) is 14.4. The van der Waals surface area contributed by atoms with Crippen LogP contribution in [0, 0.1) is 11.6 Å². The maximum absolute atomic E-state index is 13.5. The van der Waals surface area contributed by atoms with Gasteiger partial charge in [0.2, 0.25) is 5.91 Å². The second-order valence-corrected chi connectivity index (χ2v) is 4.94. The van der Waals surface area contributed by atoms with Gasteiger partial charge in [-0.05, 0) is 19.1 Å². The van der Waals surface area contributed by atoms with E-state index in [0.717, 1.165) is 12.1 Å². The van der Waals surface area contributed by atoms with Gasteiger partial charge in [0.05, 0.1) is 13.2 Å². The minimum Gasteiger partial charge on any atom is -0.383 e. The molecule has 0 saturated carbocycles. The average Bonchev–Trinajstić information content (AvgIpc) is 2.27. The van der Waals surface area contributed by atoms with Gasteiger partial charge in [-0.25, -0.2) is 8.78 Å². The molecule has 1 rings (SSSR count). The Balaban J connectivity index is 2.55. The molecular formula is C12H15BrF2N2O2. The van der Waals surface area contributed by atoms with E-state index >= 15 is 0 Å². The number of anilines is 1. The van der Waals surface area contributed by atoms with Gasteiger partial charge in [-0.2, -0.15) is 0 Å². The number of hydrogen-bond acceptors (Lipinski definition) is 3. The van der Waals surface area contributed by atoms with Crippen LogP contribution >= 0.6 is 15.9 Å². The Morgan fingerprint density at radius 1 is 1.42 bits per heavy atom. The first-order valence-corrected chi connectivity index (χ1v) is 6.40. The summed E-state index contributed by atoms with van der Waals surface area (Å²) in [6.45, 7) is 1.92. The highest BCUT2D eigenvalue weighted by Crippen LogP contribution is 2.23. The number of ether oxygens (including phenoxy) is 1. The first kappa shape index (κ1) is 15.8. The Labute approximate surface area is 118 Å². The Morgan fingerprint density at radius 3 is 2.53 bits per heavy atom. The van der Waals surface area contributed by atoms with E-state index in [9.17, 15) is 13.6 Å². The van der Waals surface area contributed by atoms with Gasteiger partial charge < -0.3 is 15.4 Å². The van der Waals surface area contributed by atoms with E-state index in [0.29, 0.717) is 11.1 Å². The smallest absolute Gasteiger partial charge is 0.239 e. The second-order valence-electron chi connectivity index (χ2n) is 4.02. The Morgan fingerprint density at radius 2 is 2.00 bits per heavy atom. The maximum atomic E-state index is 13.5. The lowest BCUT2D eigenvalue weighted by molar-refractivity contribution is -0.120. The van der Waals surface area contributed by atoms with Gasteiger partial charge in [-0.1, -0.05) is 15.9 Å². The molecule has 0 aliphatic carbocycles. The van der Waals surface area contributed by atoms with E-state index in [-0.39, 0.29) is 24.2 Å². The van der Waals surface area contributed by atoms with Crippen LogP contribution in [-0.4, -0.2) is 32.2 Å². The lowest BCUT2D eigenvalue weighted by Crippen LogP contribution is -2.39. The Bertz CT molecular complexity index is 434. The molecule has 2 N–H and O–H groups in total. The van der Waals surface area contributed by atoms with E-state index in [2.05, 4.69) is 26.6 Å². The molecule has 19 heavy (non-hydrogen) atoms. The summed E-state index contributed by atoms with van der Waals surface area (Å²) in [6.07, 6.45) is 0. The molecule has 1 aromatic rings. The third-order valence-corrected chi connectivity index (χ3v) is 2.71. The third kappa shape index (κ3) is 5.12. The SMILES string of the molecule is COCC(C)NC(=O)CNc1c(F)cc(Br)cc1F. The normalized spacial score (nSPS) is 12.1. The molecule has 1 aromatic carbocycles. The summed E-state index contributed by atoms with van der Waals surface area (Å²) < 4.78 is 32.1. The first-order chi connectivity index (χ1) is 8.93. The number of methoxy groups -OCH3 is 1. The van der Waals surface area contributed by atoms with Crippen LogP contribution in [-0.2, 0) is 9.53 Å². The molecule has 0 aliphatic heterocycles. The topological polar surface area (TPSA) is 50.4 Å². The fraction of sp³-hybridized carbons (Fsp3) is 0.417. The third-order valence-electron chi connectivity index (χ3n) is 2.26. The van der Waals surface area contributed by atoms with Gasteiger partial charge in [0.15, 0.2) is 0 Å². The number of hydrogen-bond donors (Lipinski definition) is 2. The van der Waals surface area contributed by atoms with Gasteiger partial charge in [-0.15, -0.1) is 0 Å². The van der Waals surface area contributed by atoms with Gasteiger partial charge >= 0.3 is 0 Å². The van der Waals surface area contributed by atoms with Crippen molar-refractivity contribution in [2.45, 2.75) is 13.0 Å². The summed E-state index contributed by atoms with van der Waals surface area (Å²) in [5.74, 6) is -1.89. The summed E-state index contributed by atoms with van der Waals surface area (Å²) in [4.78, 5) is 11.5. The average molecular weight is 337 g/mol. The van der Waals surface area contributed by atoms with Crippen LogP contribution in [0.25, 0.3) is 0 Å². The molecule has 106 valence electrons. The molecule has 0 aromatic heterocycles. The lowest BCUT2D eigenvalue weighted by atomic mass is 10.3. The van der Waals surface area contributed by atoms with E-state index in [1.807, 2.05) is 0 Å².